The molecule has 1 aromatic rings. The van der Waals surface area contributed by atoms with Gasteiger partial charge >= 0.3 is 5.97 Å². The van der Waals surface area contributed by atoms with Crippen molar-refractivity contribution in [1.29, 1.82) is 0 Å². The summed E-state index contributed by atoms with van der Waals surface area (Å²) in [5, 5.41) is 28.3. The van der Waals surface area contributed by atoms with Gasteiger partial charge in [0.05, 0.1) is 13.2 Å². The number of carbonyl (C=O) groups excluding carboxylic acids is 1. The van der Waals surface area contributed by atoms with Gasteiger partial charge < -0.3 is 24.8 Å². The molecule has 6 nitrogen and oxygen atoms in total. The van der Waals surface area contributed by atoms with Crippen LogP contribution in [0.1, 0.15) is 15.9 Å². The van der Waals surface area contributed by atoms with Gasteiger partial charge in [-0.3, -0.25) is 0 Å². The van der Waals surface area contributed by atoms with E-state index in [1.807, 2.05) is 0 Å². The van der Waals surface area contributed by atoms with E-state index < -0.39 is 18.2 Å². The first-order valence-electron chi connectivity index (χ1n) is 5.48. The molecule has 1 saturated heterocycles. The lowest BCUT2D eigenvalue weighted by molar-refractivity contribution is 0.000825. The zero-order valence-electron chi connectivity index (χ0n) is 9.79. The van der Waals surface area contributed by atoms with Crippen LogP contribution >= 0.6 is 0 Å². The molecule has 0 radical (unpaired) electrons. The van der Waals surface area contributed by atoms with Gasteiger partial charge in [-0.2, -0.15) is 0 Å². The molecule has 98 valence electrons. The van der Waals surface area contributed by atoms with Crippen LogP contribution in [0, 0.1) is 6.92 Å². The normalized spacial score (nSPS) is 23.0. The van der Waals surface area contributed by atoms with E-state index in [1.165, 1.54) is 6.07 Å². The number of aromatic hydroxyl groups is 2. The first-order valence-corrected chi connectivity index (χ1v) is 5.48. The highest BCUT2D eigenvalue weighted by Gasteiger charge is 2.31. The van der Waals surface area contributed by atoms with Crippen LogP contribution in [-0.4, -0.2) is 46.7 Å². The number of ether oxygens (including phenoxy) is 2. The second-order valence-corrected chi connectivity index (χ2v) is 4.21. The Labute approximate surface area is 103 Å². The number of phenols is 2. The Hall–Kier alpha value is -1.79. The fourth-order valence-electron chi connectivity index (χ4n) is 1.85. The zero-order chi connectivity index (χ0) is 13.3. The quantitative estimate of drug-likeness (QED) is 0.658. The number of esters is 1. The van der Waals surface area contributed by atoms with Gasteiger partial charge in [0.2, 0.25) is 0 Å². The number of aliphatic hydroxyl groups is 1. The summed E-state index contributed by atoms with van der Waals surface area (Å²) in [5.41, 5.74) is 0.373. The third kappa shape index (κ3) is 2.39. The van der Waals surface area contributed by atoms with Crippen LogP contribution in [0.25, 0.3) is 0 Å². The van der Waals surface area contributed by atoms with Gasteiger partial charge in [-0.05, 0) is 18.6 Å². The van der Waals surface area contributed by atoms with Crippen molar-refractivity contribution in [3.05, 3.63) is 23.3 Å². The minimum Gasteiger partial charge on any atom is -0.508 e. The molecule has 1 aromatic carbocycles. The smallest absolute Gasteiger partial charge is 0.342 e. The highest BCUT2D eigenvalue weighted by molar-refractivity contribution is 5.94. The van der Waals surface area contributed by atoms with Crippen LogP contribution in [0.3, 0.4) is 0 Å². The van der Waals surface area contributed by atoms with Gasteiger partial charge in [0.15, 0.2) is 6.10 Å². The summed E-state index contributed by atoms with van der Waals surface area (Å²) in [4.78, 5) is 11.9. The van der Waals surface area contributed by atoms with Crippen LogP contribution in [0.5, 0.6) is 11.5 Å². The Morgan fingerprint density at radius 1 is 1.39 bits per heavy atom. The fourth-order valence-corrected chi connectivity index (χ4v) is 1.85. The lowest BCUT2D eigenvalue weighted by Gasteiger charge is -2.15. The standard InChI is InChI=1S/C12H14O6/c1-6-2-7(13)3-8(14)11(6)12(16)18-10-5-17-4-9(10)15/h2-3,9-10,13-15H,4-5H2,1H3. The molecule has 1 fully saturated rings. The summed E-state index contributed by atoms with van der Waals surface area (Å²) in [6.45, 7) is 1.82. The fraction of sp³-hybridized carbons (Fsp3) is 0.417. The molecule has 0 bridgehead atoms. The van der Waals surface area contributed by atoms with Crippen LogP contribution in [0.2, 0.25) is 0 Å². The Morgan fingerprint density at radius 2 is 2.11 bits per heavy atom. The summed E-state index contributed by atoms with van der Waals surface area (Å²) in [5.74, 6) is -1.24. The van der Waals surface area contributed by atoms with Gasteiger partial charge in [0.25, 0.3) is 0 Å². The van der Waals surface area contributed by atoms with Crippen LogP contribution in [0.4, 0.5) is 0 Å². The molecular formula is C12H14O6. The first-order chi connectivity index (χ1) is 8.49. The van der Waals surface area contributed by atoms with E-state index in [0.29, 0.717) is 5.56 Å². The summed E-state index contributed by atoms with van der Waals surface area (Å²) >= 11 is 0. The molecule has 1 heterocycles. The highest BCUT2D eigenvalue weighted by Crippen LogP contribution is 2.28. The van der Waals surface area contributed by atoms with Crippen molar-refractivity contribution >= 4 is 5.97 Å². The molecule has 2 atom stereocenters. The molecule has 0 amide bonds. The Balaban J connectivity index is 2.19. The minimum absolute atomic E-state index is 0.0214. The average Bonchev–Trinajstić information content (AvgIpc) is 2.62. The molecule has 2 unspecified atom stereocenters. The number of carbonyl (C=O) groups is 1. The predicted molar refractivity (Wildman–Crippen MR) is 60.5 cm³/mol. The second kappa shape index (κ2) is 4.83. The molecule has 18 heavy (non-hydrogen) atoms. The van der Waals surface area contributed by atoms with Crippen molar-refractivity contribution < 1.29 is 29.6 Å². The molecule has 2 rings (SSSR count). The van der Waals surface area contributed by atoms with Crippen molar-refractivity contribution in [3.8, 4) is 11.5 Å². The summed E-state index contributed by atoms with van der Waals surface area (Å²) in [6, 6.07) is 2.41. The number of phenolic OH excluding ortho intramolecular Hbond substituents is 2. The average molecular weight is 254 g/mol. The van der Waals surface area contributed by atoms with Crippen molar-refractivity contribution in [2.24, 2.45) is 0 Å². The Bertz CT molecular complexity index is 447. The molecule has 0 saturated carbocycles. The van der Waals surface area contributed by atoms with Crippen LogP contribution in [-0.2, 0) is 9.47 Å². The number of hydrogen-bond donors (Lipinski definition) is 3. The number of aryl methyl sites for hydroxylation is 1. The predicted octanol–water partition coefficient (Wildman–Crippen LogP) is 0.323. The zero-order valence-corrected chi connectivity index (χ0v) is 9.79. The summed E-state index contributed by atoms with van der Waals surface area (Å²) in [7, 11) is 0. The van der Waals surface area contributed by atoms with E-state index in [0.717, 1.165) is 6.07 Å². The van der Waals surface area contributed by atoms with Gasteiger partial charge in [0.1, 0.15) is 23.2 Å². The number of aliphatic hydroxyl groups excluding tert-OH is 1. The van der Waals surface area contributed by atoms with Crippen LogP contribution < -0.4 is 0 Å². The Kier molecular flexibility index (Phi) is 3.40. The summed E-state index contributed by atoms with van der Waals surface area (Å²) < 4.78 is 10.0. The third-order valence-corrected chi connectivity index (χ3v) is 2.76. The highest BCUT2D eigenvalue weighted by atomic mass is 16.6. The van der Waals surface area contributed by atoms with E-state index in [2.05, 4.69) is 0 Å². The lowest BCUT2D eigenvalue weighted by Crippen LogP contribution is -2.29. The first kappa shape index (κ1) is 12.7. The SMILES string of the molecule is Cc1cc(O)cc(O)c1C(=O)OC1COCC1O. The van der Waals surface area contributed by atoms with Crippen molar-refractivity contribution in [2.45, 2.75) is 19.1 Å². The maximum Gasteiger partial charge on any atom is 0.342 e. The van der Waals surface area contributed by atoms with E-state index in [4.69, 9.17) is 9.47 Å². The van der Waals surface area contributed by atoms with Crippen LogP contribution in [0.15, 0.2) is 12.1 Å². The molecule has 3 N–H and O–H groups in total. The van der Waals surface area contributed by atoms with Crippen molar-refractivity contribution in [3.63, 3.8) is 0 Å². The van der Waals surface area contributed by atoms with Gasteiger partial charge in [-0.1, -0.05) is 0 Å². The summed E-state index contributed by atoms with van der Waals surface area (Å²) in [6.07, 6.45) is -1.58. The molecule has 0 aromatic heterocycles. The van der Waals surface area contributed by atoms with E-state index in [9.17, 15) is 20.1 Å². The molecular weight excluding hydrogens is 240 g/mol. The minimum atomic E-state index is -0.853. The largest absolute Gasteiger partial charge is 0.508 e. The van der Waals surface area contributed by atoms with Gasteiger partial charge in [-0.25, -0.2) is 4.79 Å². The van der Waals surface area contributed by atoms with E-state index in [1.54, 1.807) is 6.92 Å². The van der Waals surface area contributed by atoms with Crippen molar-refractivity contribution in [1.82, 2.24) is 0 Å². The lowest BCUT2D eigenvalue weighted by atomic mass is 10.1. The van der Waals surface area contributed by atoms with Gasteiger partial charge in [-0.15, -0.1) is 0 Å². The van der Waals surface area contributed by atoms with Crippen molar-refractivity contribution in [2.75, 3.05) is 13.2 Å². The Morgan fingerprint density at radius 3 is 2.67 bits per heavy atom. The maximum atomic E-state index is 11.9. The number of benzene rings is 1. The molecule has 0 aliphatic carbocycles. The molecule has 1 aliphatic heterocycles. The molecule has 6 heteroatoms. The number of rotatable bonds is 2. The molecule has 0 spiro atoms. The maximum absolute atomic E-state index is 11.9. The van der Waals surface area contributed by atoms with E-state index >= 15 is 0 Å². The van der Waals surface area contributed by atoms with Gasteiger partial charge in [0, 0.05) is 6.07 Å². The third-order valence-electron chi connectivity index (χ3n) is 2.76. The van der Waals surface area contributed by atoms with E-state index in [-0.39, 0.29) is 30.3 Å². The topological polar surface area (TPSA) is 96.2 Å². The second-order valence-electron chi connectivity index (χ2n) is 4.21. The molecule has 1 aliphatic rings. The monoisotopic (exact) mass is 254 g/mol. The number of hydrogen-bond acceptors (Lipinski definition) is 6.